The molecular formula is C19H32F2O9S. The molecule has 2 fully saturated rings. The third-order valence-corrected chi connectivity index (χ3v) is 6.90. The summed E-state index contributed by atoms with van der Waals surface area (Å²) < 4.78 is 83.6. The van der Waals surface area contributed by atoms with Crippen LogP contribution in [0.5, 0.6) is 0 Å². The average molecular weight is 475 g/mol. The topological polar surface area (TPSA) is 118 Å². The first kappa shape index (κ1) is 26.3. The Labute approximate surface area is 181 Å². The van der Waals surface area contributed by atoms with Gasteiger partial charge in [0.2, 0.25) is 0 Å². The molecule has 0 aromatic rings. The van der Waals surface area contributed by atoms with Gasteiger partial charge in [0, 0.05) is 10.8 Å². The molecule has 31 heavy (non-hydrogen) atoms. The third-order valence-electron chi connectivity index (χ3n) is 6.03. The third kappa shape index (κ3) is 6.32. The molecule has 0 bridgehead atoms. The second-order valence-corrected chi connectivity index (χ2v) is 10.5. The van der Waals surface area contributed by atoms with E-state index in [1.807, 2.05) is 13.8 Å². The molecule has 182 valence electrons. The summed E-state index contributed by atoms with van der Waals surface area (Å²) in [5, 5.41) is -4.61. The maximum Gasteiger partial charge on any atom is 0.402 e. The van der Waals surface area contributed by atoms with Crippen LogP contribution in [0.3, 0.4) is 0 Å². The molecular weight excluding hydrogens is 442 g/mol. The Morgan fingerprint density at radius 3 is 1.68 bits per heavy atom. The molecule has 0 spiro atoms. The molecule has 2 aliphatic rings. The highest BCUT2D eigenvalue weighted by Crippen LogP contribution is 2.34. The van der Waals surface area contributed by atoms with E-state index >= 15 is 0 Å². The molecule has 0 aromatic heterocycles. The molecule has 9 nitrogen and oxygen atoms in total. The first-order chi connectivity index (χ1) is 14.3. The lowest BCUT2D eigenvalue weighted by molar-refractivity contribution is -0.187. The van der Waals surface area contributed by atoms with Crippen LogP contribution in [0.1, 0.15) is 33.6 Å². The van der Waals surface area contributed by atoms with Crippen LogP contribution in [0.4, 0.5) is 8.78 Å². The quantitative estimate of drug-likeness (QED) is 0.297. The van der Waals surface area contributed by atoms with Gasteiger partial charge in [0.15, 0.2) is 6.61 Å². The molecule has 0 saturated carbocycles. The maximum absolute atomic E-state index is 13.5. The number of rotatable bonds is 14. The van der Waals surface area contributed by atoms with Crippen molar-refractivity contribution in [2.24, 2.45) is 16.2 Å². The zero-order valence-electron chi connectivity index (χ0n) is 18.2. The van der Waals surface area contributed by atoms with Crippen LogP contribution in [0, 0.1) is 16.2 Å². The predicted octanol–water partition coefficient (Wildman–Crippen LogP) is 1.90. The van der Waals surface area contributed by atoms with Crippen molar-refractivity contribution in [2.45, 2.75) is 38.9 Å². The summed E-state index contributed by atoms with van der Waals surface area (Å²) in [6, 6.07) is 0. The Bertz CT molecular complexity index is 679. The molecule has 2 aliphatic heterocycles. The fraction of sp³-hybridized carbons (Fsp3) is 0.947. The summed E-state index contributed by atoms with van der Waals surface area (Å²) in [6.07, 6.45) is 1.62. The summed E-state index contributed by atoms with van der Waals surface area (Å²) in [5.41, 5.74) is -1.77. The lowest BCUT2D eigenvalue weighted by Crippen LogP contribution is -2.49. The Balaban J connectivity index is 1.99. The van der Waals surface area contributed by atoms with Gasteiger partial charge < -0.3 is 23.7 Å². The van der Waals surface area contributed by atoms with E-state index in [2.05, 4.69) is 4.74 Å². The van der Waals surface area contributed by atoms with Crippen molar-refractivity contribution >= 4 is 16.1 Å². The van der Waals surface area contributed by atoms with Crippen molar-refractivity contribution in [3.8, 4) is 0 Å². The lowest BCUT2D eigenvalue weighted by atomic mass is 9.84. The number of ether oxygens (including phenoxy) is 5. The van der Waals surface area contributed by atoms with Gasteiger partial charge in [-0.3, -0.25) is 9.35 Å². The first-order valence-electron chi connectivity index (χ1n) is 10.2. The van der Waals surface area contributed by atoms with Gasteiger partial charge in [-0.05, 0) is 19.8 Å². The van der Waals surface area contributed by atoms with Gasteiger partial charge in [0.05, 0.1) is 52.9 Å². The molecule has 0 atom stereocenters. The normalized spacial score (nSPS) is 20.6. The van der Waals surface area contributed by atoms with Gasteiger partial charge >= 0.3 is 21.3 Å². The number of hydrogen-bond acceptors (Lipinski definition) is 8. The molecule has 0 amide bonds. The van der Waals surface area contributed by atoms with E-state index in [-0.39, 0.29) is 24.0 Å². The molecule has 0 aromatic carbocycles. The van der Waals surface area contributed by atoms with Crippen LogP contribution in [0.15, 0.2) is 0 Å². The fourth-order valence-electron chi connectivity index (χ4n) is 3.10. The van der Waals surface area contributed by atoms with E-state index in [4.69, 9.17) is 23.5 Å². The van der Waals surface area contributed by atoms with E-state index in [1.54, 1.807) is 0 Å². The van der Waals surface area contributed by atoms with Gasteiger partial charge in [0.1, 0.15) is 5.41 Å². The monoisotopic (exact) mass is 474 g/mol. The number of carbonyl (C=O) groups is 1. The summed E-state index contributed by atoms with van der Waals surface area (Å²) >= 11 is 0. The van der Waals surface area contributed by atoms with Crippen LogP contribution in [0.25, 0.3) is 0 Å². The standard InChI is InChI=1S/C19H32F2O9S/c1-4-17(10-28-11-17)8-26-6-16(3,7-27-9-18(5-2)12-29-13-18)15(22)30-14-19(20,21)31(23,24)25/h4-14H2,1-3H3,(H,23,24,25). The second kappa shape index (κ2) is 9.92. The molecule has 2 heterocycles. The van der Waals surface area contributed by atoms with Gasteiger partial charge in [-0.1, -0.05) is 13.8 Å². The Kier molecular flexibility index (Phi) is 8.43. The SMILES string of the molecule is CCC1(COCC(C)(COCC2(CC)COC2)C(=O)OCC(F)(F)S(=O)(=O)O)COC1. The molecule has 2 rings (SSSR count). The number of carbonyl (C=O) groups excluding carboxylic acids is 1. The Morgan fingerprint density at radius 2 is 1.39 bits per heavy atom. The molecule has 1 N–H and O–H groups in total. The maximum atomic E-state index is 13.5. The minimum absolute atomic E-state index is 0.154. The van der Waals surface area contributed by atoms with Crippen molar-refractivity contribution in [2.75, 3.05) is 59.5 Å². The largest absolute Gasteiger partial charge is 0.457 e. The zero-order valence-corrected chi connectivity index (χ0v) is 19.0. The molecule has 2 saturated heterocycles. The highest BCUT2D eigenvalue weighted by Gasteiger charge is 2.48. The summed E-state index contributed by atoms with van der Waals surface area (Å²) in [7, 11) is -5.72. The van der Waals surface area contributed by atoms with Crippen molar-refractivity contribution in [1.82, 2.24) is 0 Å². The summed E-state index contributed by atoms with van der Waals surface area (Å²) in [6.45, 7) is 5.98. The van der Waals surface area contributed by atoms with Crippen molar-refractivity contribution in [3.05, 3.63) is 0 Å². The summed E-state index contributed by atoms with van der Waals surface area (Å²) in [4.78, 5) is 12.6. The number of alkyl halides is 2. The highest BCUT2D eigenvalue weighted by molar-refractivity contribution is 7.86. The van der Waals surface area contributed by atoms with E-state index < -0.39 is 33.4 Å². The molecule has 12 heteroatoms. The van der Waals surface area contributed by atoms with Gasteiger partial charge in [-0.25, -0.2) is 0 Å². The molecule has 0 aliphatic carbocycles. The van der Waals surface area contributed by atoms with Gasteiger partial charge in [-0.2, -0.15) is 17.2 Å². The number of hydrogen-bond donors (Lipinski definition) is 1. The zero-order chi connectivity index (χ0) is 23.4. The van der Waals surface area contributed by atoms with E-state index in [0.29, 0.717) is 39.6 Å². The number of halogens is 2. The van der Waals surface area contributed by atoms with Crippen LogP contribution in [0.2, 0.25) is 0 Å². The van der Waals surface area contributed by atoms with Crippen molar-refractivity contribution < 1.29 is 50.2 Å². The summed E-state index contributed by atoms with van der Waals surface area (Å²) in [5.74, 6) is -1.11. The molecule has 0 unspecified atom stereocenters. The fourth-order valence-corrected chi connectivity index (χ4v) is 3.31. The van der Waals surface area contributed by atoms with Crippen LogP contribution < -0.4 is 0 Å². The number of esters is 1. The Hall–Kier alpha value is -0.920. The van der Waals surface area contributed by atoms with Gasteiger partial charge in [-0.15, -0.1) is 0 Å². The van der Waals surface area contributed by atoms with Crippen LogP contribution in [-0.4, -0.2) is 83.7 Å². The second-order valence-electron chi connectivity index (χ2n) is 8.93. The van der Waals surface area contributed by atoms with E-state index in [1.165, 1.54) is 6.92 Å². The predicted molar refractivity (Wildman–Crippen MR) is 104 cm³/mol. The van der Waals surface area contributed by atoms with E-state index in [0.717, 1.165) is 12.8 Å². The minimum Gasteiger partial charge on any atom is -0.457 e. The van der Waals surface area contributed by atoms with Crippen molar-refractivity contribution in [3.63, 3.8) is 0 Å². The Morgan fingerprint density at radius 1 is 0.968 bits per heavy atom. The highest BCUT2D eigenvalue weighted by atomic mass is 32.2. The average Bonchev–Trinajstić information content (AvgIpc) is 2.63. The van der Waals surface area contributed by atoms with Crippen LogP contribution >= 0.6 is 0 Å². The molecule has 0 radical (unpaired) electrons. The minimum atomic E-state index is -5.72. The lowest BCUT2D eigenvalue weighted by Gasteiger charge is -2.42. The van der Waals surface area contributed by atoms with E-state index in [9.17, 15) is 22.0 Å². The van der Waals surface area contributed by atoms with Gasteiger partial charge in [0.25, 0.3) is 0 Å². The van der Waals surface area contributed by atoms with Crippen LogP contribution in [-0.2, 0) is 38.6 Å². The smallest absolute Gasteiger partial charge is 0.402 e. The first-order valence-corrected chi connectivity index (χ1v) is 11.6. The van der Waals surface area contributed by atoms with Crippen molar-refractivity contribution in [1.29, 1.82) is 0 Å².